The van der Waals surface area contributed by atoms with E-state index < -0.39 is 0 Å². The van der Waals surface area contributed by atoms with Gasteiger partial charge in [0.25, 0.3) is 5.91 Å². The van der Waals surface area contributed by atoms with Crippen molar-refractivity contribution in [2.45, 2.75) is 20.3 Å². The topological polar surface area (TPSA) is 36.4 Å². The summed E-state index contributed by atoms with van der Waals surface area (Å²) in [7, 11) is 4.10. The molecule has 142 valence electrons. The molecule has 0 radical (unpaired) electrons. The number of hydrogen-bond acceptors (Lipinski definition) is 5. The van der Waals surface area contributed by atoms with Crippen LogP contribution in [0.25, 0.3) is 16.3 Å². The van der Waals surface area contributed by atoms with Crippen LogP contribution in [-0.4, -0.2) is 43.0 Å². The molecule has 6 heteroatoms. The van der Waals surface area contributed by atoms with Gasteiger partial charge >= 0.3 is 0 Å². The molecule has 0 aliphatic rings. The summed E-state index contributed by atoms with van der Waals surface area (Å²) in [4.78, 5) is 22.8. The van der Waals surface area contributed by atoms with Crippen LogP contribution in [0.4, 0.5) is 5.13 Å². The maximum Gasteiger partial charge on any atom is 0.252 e. The number of aryl methyl sites for hydroxylation is 2. The van der Waals surface area contributed by atoms with E-state index in [1.54, 1.807) is 28.7 Å². The molecule has 0 spiro atoms. The monoisotopic (exact) mass is 399 g/mol. The van der Waals surface area contributed by atoms with Gasteiger partial charge in [0.15, 0.2) is 5.13 Å². The number of thiazole rings is 1. The quantitative estimate of drug-likeness (QED) is 0.526. The Labute approximate surface area is 168 Å². The van der Waals surface area contributed by atoms with Gasteiger partial charge in [-0.15, -0.1) is 11.3 Å². The Kier molecular flexibility index (Phi) is 6.42. The zero-order valence-electron chi connectivity index (χ0n) is 16.2. The molecule has 0 saturated heterocycles. The second-order valence-corrected chi connectivity index (χ2v) is 8.83. The molecule has 2 heterocycles. The highest BCUT2D eigenvalue weighted by molar-refractivity contribution is 7.22. The highest BCUT2D eigenvalue weighted by Gasteiger charge is 2.18. The van der Waals surface area contributed by atoms with Crippen molar-refractivity contribution in [2.75, 3.05) is 32.1 Å². The molecule has 0 saturated carbocycles. The van der Waals surface area contributed by atoms with Crippen LogP contribution in [0.15, 0.2) is 35.7 Å². The van der Waals surface area contributed by atoms with E-state index in [-0.39, 0.29) is 5.91 Å². The third-order valence-corrected chi connectivity index (χ3v) is 6.37. The Balaban J connectivity index is 1.89. The van der Waals surface area contributed by atoms with E-state index in [0.717, 1.165) is 33.2 Å². The Morgan fingerprint density at radius 2 is 2.00 bits per heavy atom. The lowest BCUT2D eigenvalue weighted by Crippen LogP contribution is -2.32. The lowest BCUT2D eigenvalue weighted by molar-refractivity contribution is -0.114. The fourth-order valence-corrected chi connectivity index (χ4v) is 4.48. The molecule has 2 aromatic heterocycles. The Morgan fingerprint density at radius 3 is 2.70 bits per heavy atom. The van der Waals surface area contributed by atoms with Gasteiger partial charge in [0.05, 0.1) is 10.2 Å². The Hall–Kier alpha value is -2.02. The number of hydrogen-bond donors (Lipinski definition) is 0. The van der Waals surface area contributed by atoms with Crippen LogP contribution in [0.1, 0.15) is 22.4 Å². The first kappa shape index (κ1) is 19.7. The van der Waals surface area contributed by atoms with Gasteiger partial charge in [-0.1, -0.05) is 23.5 Å². The minimum absolute atomic E-state index is 0.0180. The Bertz CT molecular complexity index is 942. The van der Waals surface area contributed by atoms with Crippen LogP contribution in [0, 0.1) is 13.8 Å². The minimum atomic E-state index is -0.0180. The molecule has 0 aliphatic carbocycles. The van der Waals surface area contributed by atoms with Crippen LogP contribution < -0.4 is 4.90 Å². The molecule has 0 N–H and O–H groups in total. The molecule has 4 nitrogen and oxygen atoms in total. The van der Waals surface area contributed by atoms with Crippen molar-refractivity contribution >= 4 is 50.0 Å². The van der Waals surface area contributed by atoms with Crippen LogP contribution in [-0.2, 0) is 4.79 Å². The molecule has 0 aliphatic heterocycles. The maximum absolute atomic E-state index is 12.9. The highest BCUT2D eigenvalue weighted by Crippen LogP contribution is 2.32. The predicted octanol–water partition coefficient (Wildman–Crippen LogP) is 4.97. The van der Waals surface area contributed by atoms with E-state index in [0.29, 0.717) is 6.54 Å². The predicted molar refractivity (Wildman–Crippen MR) is 118 cm³/mol. The van der Waals surface area contributed by atoms with Crippen molar-refractivity contribution in [3.05, 3.63) is 51.7 Å². The van der Waals surface area contributed by atoms with Crippen molar-refractivity contribution < 1.29 is 4.79 Å². The number of thiophene rings is 1. The zero-order chi connectivity index (χ0) is 19.4. The average molecular weight is 400 g/mol. The lowest BCUT2D eigenvalue weighted by Gasteiger charge is -2.19. The van der Waals surface area contributed by atoms with Gasteiger partial charge in [0, 0.05) is 17.5 Å². The maximum atomic E-state index is 12.9. The Morgan fingerprint density at radius 1 is 1.19 bits per heavy atom. The third kappa shape index (κ3) is 4.83. The van der Waals surface area contributed by atoms with E-state index in [9.17, 15) is 4.79 Å². The number of aromatic nitrogens is 1. The fourth-order valence-electron chi connectivity index (χ4n) is 2.80. The summed E-state index contributed by atoms with van der Waals surface area (Å²) in [5, 5.41) is 2.79. The van der Waals surface area contributed by atoms with Crippen molar-refractivity contribution in [3.8, 4) is 0 Å². The molecule has 3 rings (SSSR count). The van der Waals surface area contributed by atoms with Crippen LogP contribution >= 0.6 is 22.7 Å². The van der Waals surface area contributed by atoms with Crippen molar-refractivity contribution in [2.24, 2.45) is 0 Å². The normalized spacial score (nSPS) is 11.7. The molecule has 0 fully saturated rings. The number of rotatable bonds is 7. The molecule has 1 amide bonds. The van der Waals surface area contributed by atoms with Gasteiger partial charge in [-0.3, -0.25) is 9.69 Å². The van der Waals surface area contributed by atoms with E-state index in [4.69, 9.17) is 4.98 Å². The molecule has 27 heavy (non-hydrogen) atoms. The number of benzene rings is 1. The van der Waals surface area contributed by atoms with Gasteiger partial charge in [-0.25, -0.2) is 4.98 Å². The summed E-state index contributed by atoms with van der Waals surface area (Å²) in [6, 6.07) is 8.22. The van der Waals surface area contributed by atoms with Crippen LogP contribution in [0.2, 0.25) is 0 Å². The van der Waals surface area contributed by atoms with Gasteiger partial charge in [0.1, 0.15) is 0 Å². The van der Waals surface area contributed by atoms with Gasteiger partial charge in [-0.05, 0) is 75.6 Å². The number of anilines is 1. The summed E-state index contributed by atoms with van der Waals surface area (Å²) < 4.78 is 1.13. The molecule has 0 bridgehead atoms. The van der Waals surface area contributed by atoms with Crippen LogP contribution in [0.5, 0.6) is 0 Å². The summed E-state index contributed by atoms with van der Waals surface area (Å²) in [5.41, 5.74) is 3.41. The van der Waals surface area contributed by atoms with E-state index in [1.165, 1.54) is 11.1 Å². The zero-order valence-corrected chi connectivity index (χ0v) is 17.9. The van der Waals surface area contributed by atoms with Crippen molar-refractivity contribution in [1.29, 1.82) is 0 Å². The highest BCUT2D eigenvalue weighted by atomic mass is 32.1. The summed E-state index contributed by atoms with van der Waals surface area (Å²) in [6.45, 7) is 5.78. The van der Waals surface area contributed by atoms with Gasteiger partial charge in [0.2, 0.25) is 0 Å². The largest absolute Gasteiger partial charge is 0.309 e. The smallest absolute Gasteiger partial charge is 0.252 e. The second-order valence-electron chi connectivity index (χ2n) is 6.85. The number of carbonyl (C=O) groups is 1. The van der Waals surface area contributed by atoms with Gasteiger partial charge < -0.3 is 4.90 Å². The molecule has 1 aromatic carbocycles. The summed E-state index contributed by atoms with van der Waals surface area (Å²) >= 11 is 3.21. The van der Waals surface area contributed by atoms with Gasteiger partial charge in [-0.2, -0.15) is 0 Å². The van der Waals surface area contributed by atoms with Crippen molar-refractivity contribution in [3.63, 3.8) is 0 Å². The molecule has 3 aromatic rings. The first-order chi connectivity index (χ1) is 13.0. The van der Waals surface area contributed by atoms with E-state index >= 15 is 0 Å². The second kappa shape index (κ2) is 8.78. The van der Waals surface area contributed by atoms with E-state index in [1.807, 2.05) is 42.6 Å². The average Bonchev–Trinajstić information content (AvgIpc) is 3.29. The number of carbonyl (C=O) groups excluding carboxylic acids is 1. The number of amides is 1. The fraction of sp³-hybridized carbons (Fsp3) is 0.333. The SMILES string of the molecule is Cc1ccc2sc(N(CCCN(C)C)C(=O)C=Cc3cccs3)nc2c1C. The number of nitrogens with zero attached hydrogens (tertiary/aromatic N) is 3. The van der Waals surface area contributed by atoms with Crippen LogP contribution in [0.3, 0.4) is 0 Å². The third-order valence-electron chi connectivity index (χ3n) is 4.49. The molecule has 0 unspecified atom stereocenters. The first-order valence-corrected chi connectivity index (χ1v) is 10.7. The number of fused-ring (bicyclic) bond motifs is 1. The molecular weight excluding hydrogens is 374 g/mol. The first-order valence-electron chi connectivity index (χ1n) is 9.00. The molecule has 0 atom stereocenters. The summed E-state index contributed by atoms with van der Waals surface area (Å²) in [5.74, 6) is -0.0180. The van der Waals surface area contributed by atoms with Crippen molar-refractivity contribution in [1.82, 2.24) is 9.88 Å². The standard InChI is InChI=1S/C21H25N3OS2/c1-15-8-10-18-20(16(15)2)22-21(27-18)24(13-6-12-23(3)4)19(25)11-9-17-7-5-14-26-17/h5,7-11,14H,6,12-13H2,1-4H3. The molecular formula is C21H25N3OS2. The minimum Gasteiger partial charge on any atom is -0.309 e. The summed E-state index contributed by atoms with van der Waals surface area (Å²) in [6.07, 6.45) is 4.44. The lowest BCUT2D eigenvalue weighted by atomic mass is 10.1. The van der Waals surface area contributed by atoms with E-state index in [2.05, 4.69) is 30.9 Å².